The lowest BCUT2D eigenvalue weighted by Gasteiger charge is -2.16. The summed E-state index contributed by atoms with van der Waals surface area (Å²) in [6, 6.07) is 10.3. The molecule has 21 heavy (non-hydrogen) atoms. The molecule has 3 N–H and O–H groups in total. The number of benzene rings is 1. The first-order chi connectivity index (χ1) is 10.3. The Hall–Kier alpha value is -1.62. The Morgan fingerprint density at radius 2 is 2.24 bits per heavy atom. The average Bonchev–Trinajstić information content (AvgIpc) is 2.95. The lowest BCUT2D eigenvalue weighted by Crippen LogP contribution is -2.28. The maximum atomic E-state index is 5.93. The van der Waals surface area contributed by atoms with Crippen molar-refractivity contribution in [3.05, 3.63) is 58.4 Å². The number of pyridine rings is 1. The summed E-state index contributed by atoms with van der Waals surface area (Å²) in [6.07, 6.45) is 4.55. The van der Waals surface area contributed by atoms with Gasteiger partial charge in [-0.25, -0.2) is 4.98 Å². The van der Waals surface area contributed by atoms with E-state index in [4.69, 9.17) is 22.2 Å². The molecular weight excluding hydrogens is 286 g/mol. The highest BCUT2D eigenvalue weighted by atomic mass is 35.5. The summed E-state index contributed by atoms with van der Waals surface area (Å²) in [7, 11) is 0. The molecule has 4 nitrogen and oxygen atoms in total. The van der Waals surface area contributed by atoms with Crippen LogP contribution in [0.3, 0.4) is 0 Å². The zero-order chi connectivity index (χ0) is 14.7. The monoisotopic (exact) mass is 303 g/mol. The van der Waals surface area contributed by atoms with Gasteiger partial charge in [-0.2, -0.15) is 0 Å². The van der Waals surface area contributed by atoms with Crippen LogP contribution in [0.4, 0.5) is 0 Å². The summed E-state index contributed by atoms with van der Waals surface area (Å²) in [5, 5.41) is 0.488. The molecule has 0 amide bonds. The van der Waals surface area contributed by atoms with Crippen molar-refractivity contribution in [3.63, 3.8) is 0 Å². The summed E-state index contributed by atoms with van der Waals surface area (Å²) in [4.78, 5) is 4.00. The van der Waals surface area contributed by atoms with Crippen LogP contribution in [0.15, 0.2) is 36.5 Å². The fourth-order valence-electron chi connectivity index (χ4n) is 2.69. The average molecular weight is 304 g/mol. The summed E-state index contributed by atoms with van der Waals surface area (Å²) >= 11 is 5.93. The number of hydrogen-bond acceptors (Lipinski definition) is 4. The Morgan fingerprint density at radius 3 is 3.05 bits per heavy atom. The van der Waals surface area contributed by atoms with Crippen LogP contribution >= 0.6 is 11.6 Å². The highest BCUT2D eigenvalue weighted by Crippen LogP contribution is 2.27. The van der Waals surface area contributed by atoms with Gasteiger partial charge >= 0.3 is 0 Å². The molecule has 2 aromatic rings. The Kier molecular flexibility index (Phi) is 4.39. The maximum Gasteiger partial charge on any atom is 0.129 e. The number of hydrazine groups is 1. The molecule has 1 aliphatic rings. The second-order valence-corrected chi connectivity index (χ2v) is 5.60. The van der Waals surface area contributed by atoms with Crippen molar-refractivity contribution in [1.29, 1.82) is 0 Å². The van der Waals surface area contributed by atoms with E-state index in [0.29, 0.717) is 5.15 Å². The van der Waals surface area contributed by atoms with Gasteiger partial charge in [-0.1, -0.05) is 23.7 Å². The smallest absolute Gasteiger partial charge is 0.129 e. The SMILES string of the molecule is NNC(CCc1ccc2c(c1)CCO2)c1ccnc(Cl)c1. The number of nitrogens with one attached hydrogen (secondary N) is 1. The molecule has 0 saturated heterocycles. The Balaban J connectivity index is 1.68. The fraction of sp³-hybridized carbons (Fsp3) is 0.312. The molecule has 0 saturated carbocycles. The molecule has 1 atom stereocenters. The van der Waals surface area contributed by atoms with Gasteiger partial charge < -0.3 is 4.74 Å². The largest absolute Gasteiger partial charge is 0.493 e. The van der Waals surface area contributed by atoms with Crippen LogP contribution in [-0.4, -0.2) is 11.6 Å². The molecule has 0 radical (unpaired) electrons. The first-order valence-corrected chi connectivity index (χ1v) is 7.46. The summed E-state index contributed by atoms with van der Waals surface area (Å²) in [5.74, 6) is 6.70. The first kappa shape index (κ1) is 14.3. The zero-order valence-electron chi connectivity index (χ0n) is 11.7. The van der Waals surface area contributed by atoms with Gasteiger partial charge in [0.1, 0.15) is 10.9 Å². The number of aryl methyl sites for hydroxylation is 1. The topological polar surface area (TPSA) is 60.2 Å². The van der Waals surface area contributed by atoms with Crippen LogP contribution in [-0.2, 0) is 12.8 Å². The van der Waals surface area contributed by atoms with Crippen molar-refractivity contribution in [2.24, 2.45) is 5.84 Å². The van der Waals surface area contributed by atoms with Crippen LogP contribution in [0.2, 0.25) is 5.15 Å². The molecular formula is C16H18ClN3O. The molecule has 1 aromatic carbocycles. The number of aromatic nitrogens is 1. The lowest BCUT2D eigenvalue weighted by molar-refractivity contribution is 0.357. The molecule has 0 bridgehead atoms. The predicted octanol–water partition coefficient (Wildman–Crippen LogP) is 2.81. The third-order valence-electron chi connectivity index (χ3n) is 3.83. The van der Waals surface area contributed by atoms with Crippen molar-refractivity contribution in [1.82, 2.24) is 10.4 Å². The van der Waals surface area contributed by atoms with Gasteiger partial charge in [0.25, 0.3) is 0 Å². The van der Waals surface area contributed by atoms with Crippen molar-refractivity contribution in [2.75, 3.05) is 6.61 Å². The van der Waals surface area contributed by atoms with E-state index in [9.17, 15) is 0 Å². The van der Waals surface area contributed by atoms with Gasteiger partial charge in [-0.05, 0) is 47.7 Å². The molecule has 0 spiro atoms. The standard InChI is InChI=1S/C16H18ClN3O/c17-16-10-12(5-7-19-16)14(20-18)3-1-11-2-4-15-13(9-11)6-8-21-15/h2,4-5,7,9-10,14,20H,1,3,6,8,18H2. The van der Waals surface area contributed by atoms with Gasteiger partial charge in [-0.15, -0.1) is 0 Å². The van der Waals surface area contributed by atoms with Crippen molar-refractivity contribution in [3.8, 4) is 5.75 Å². The fourth-order valence-corrected chi connectivity index (χ4v) is 2.87. The van der Waals surface area contributed by atoms with E-state index in [1.807, 2.05) is 12.1 Å². The molecule has 0 aliphatic carbocycles. The molecule has 1 unspecified atom stereocenters. The molecule has 1 aliphatic heterocycles. The van der Waals surface area contributed by atoms with E-state index in [0.717, 1.165) is 37.2 Å². The number of rotatable bonds is 5. The van der Waals surface area contributed by atoms with E-state index in [2.05, 4.69) is 28.6 Å². The van der Waals surface area contributed by atoms with Crippen LogP contribution in [0.25, 0.3) is 0 Å². The number of nitrogens with two attached hydrogens (primary N) is 1. The van der Waals surface area contributed by atoms with E-state index < -0.39 is 0 Å². The van der Waals surface area contributed by atoms with Crippen LogP contribution in [0.1, 0.15) is 29.2 Å². The van der Waals surface area contributed by atoms with E-state index in [1.165, 1.54) is 11.1 Å². The summed E-state index contributed by atoms with van der Waals surface area (Å²) in [5.41, 5.74) is 6.52. The molecule has 3 rings (SSSR count). The summed E-state index contributed by atoms with van der Waals surface area (Å²) < 4.78 is 5.53. The molecule has 0 fully saturated rings. The Labute approximate surface area is 129 Å². The maximum absolute atomic E-state index is 5.93. The van der Waals surface area contributed by atoms with Crippen molar-refractivity contribution in [2.45, 2.75) is 25.3 Å². The highest BCUT2D eigenvalue weighted by Gasteiger charge is 2.14. The number of halogens is 1. The molecule has 2 heterocycles. The van der Waals surface area contributed by atoms with E-state index >= 15 is 0 Å². The third kappa shape index (κ3) is 3.35. The number of nitrogens with zero attached hydrogens (tertiary/aromatic N) is 1. The number of hydrogen-bond donors (Lipinski definition) is 2. The summed E-state index contributed by atoms with van der Waals surface area (Å²) in [6.45, 7) is 0.793. The quantitative estimate of drug-likeness (QED) is 0.506. The molecule has 5 heteroatoms. The van der Waals surface area contributed by atoms with Crippen molar-refractivity contribution < 1.29 is 4.74 Å². The normalized spacial score (nSPS) is 14.6. The molecule has 1 aromatic heterocycles. The zero-order valence-corrected chi connectivity index (χ0v) is 12.4. The Morgan fingerprint density at radius 1 is 1.33 bits per heavy atom. The molecule has 110 valence electrons. The van der Waals surface area contributed by atoms with Gasteiger partial charge in [0, 0.05) is 18.7 Å². The third-order valence-corrected chi connectivity index (χ3v) is 4.04. The van der Waals surface area contributed by atoms with E-state index in [1.54, 1.807) is 6.20 Å². The minimum Gasteiger partial charge on any atom is -0.493 e. The minimum absolute atomic E-state index is 0.0648. The van der Waals surface area contributed by atoms with Crippen molar-refractivity contribution >= 4 is 11.6 Å². The van der Waals surface area contributed by atoms with Crippen LogP contribution in [0, 0.1) is 0 Å². The van der Waals surface area contributed by atoms with Gasteiger partial charge in [-0.3, -0.25) is 11.3 Å². The predicted molar refractivity (Wildman–Crippen MR) is 83.3 cm³/mol. The minimum atomic E-state index is 0.0648. The van der Waals surface area contributed by atoms with E-state index in [-0.39, 0.29) is 6.04 Å². The second-order valence-electron chi connectivity index (χ2n) is 5.21. The first-order valence-electron chi connectivity index (χ1n) is 7.08. The number of ether oxygens (including phenoxy) is 1. The second kappa shape index (κ2) is 6.43. The lowest BCUT2D eigenvalue weighted by atomic mass is 9.99. The van der Waals surface area contributed by atoms with Gasteiger partial charge in [0.2, 0.25) is 0 Å². The van der Waals surface area contributed by atoms with Gasteiger partial charge in [0.05, 0.1) is 6.61 Å². The van der Waals surface area contributed by atoms with Crippen LogP contribution in [0.5, 0.6) is 5.75 Å². The highest BCUT2D eigenvalue weighted by molar-refractivity contribution is 6.29. The van der Waals surface area contributed by atoms with Gasteiger partial charge in [0.15, 0.2) is 0 Å². The Bertz CT molecular complexity index is 633. The van der Waals surface area contributed by atoms with Crippen LogP contribution < -0.4 is 16.0 Å². The number of fused-ring (bicyclic) bond motifs is 1.